The summed E-state index contributed by atoms with van der Waals surface area (Å²) in [5.41, 5.74) is 1.07. The Balaban J connectivity index is 1.87. The molecule has 7 heteroatoms. The molecule has 0 radical (unpaired) electrons. The molecule has 1 unspecified atom stereocenters. The Hall–Kier alpha value is -1.70. The number of anilines is 1. The molecule has 2 heterocycles. The van der Waals surface area contributed by atoms with Gasteiger partial charge in [-0.05, 0) is 58.5 Å². The zero-order chi connectivity index (χ0) is 18.9. The summed E-state index contributed by atoms with van der Waals surface area (Å²) < 4.78 is 17.9. The molecule has 2 N–H and O–H groups in total. The number of hydrogen-bond acceptors (Lipinski definition) is 6. The average molecular weight is 358 g/mol. The van der Waals surface area contributed by atoms with Gasteiger partial charge in [0.1, 0.15) is 11.9 Å². The summed E-state index contributed by atoms with van der Waals surface area (Å²) >= 11 is 0. The minimum Gasteiger partial charge on any atom is -0.399 e. The van der Waals surface area contributed by atoms with Crippen molar-refractivity contribution < 1.29 is 18.8 Å². The number of carbonyl (C=O) groups is 1. The van der Waals surface area contributed by atoms with Crippen molar-refractivity contribution >= 4 is 30.3 Å². The second kappa shape index (κ2) is 7.14. The first-order valence-electron chi connectivity index (χ1n) is 9.15. The third-order valence-corrected chi connectivity index (χ3v) is 5.47. The fraction of sp³-hybridized carbons (Fsp3) is 0.579. The Morgan fingerprint density at radius 3 is 2.50 bits per heavy atom. The van der Waals surface area contributed by atoms with Crippen LogP contribution in [0.2, 0.25) is 0 Å². The number of nitrogens with one attached hydrogen (secondary N) is 2. The van der Waals surface area contributed by atoms with Crippen molar-refractivity contribution in [2.75, 3.05) is 11.9 Å². The van der Waals surface area contributed by atoms with Crippen LogP contribution in [0.3, 0.4) is 0 Å². The summed E-state index contributed by atoms with van der Waals surface area (Å²) in [6.45, 7) is 8.72. The number of rotatable bonds is 5. The van der Waals surface area contributed by atoms with Crippen molar-refractivity contribution in [1.82, 2.24) is 0 Å². The van der Waals surface area contributed by atoms with Crippen LogP contribution in [0.4, 0.5) is 5.69 Å². The van der Waals surface area contributed by atoms with E-state index >= 15 is 0 Å². The van der Waals surface area contributed by atoms with Crippen LogP contribution in [-0.2, 0) is 18.8 Å². The molecule has 140 valence electrons. The molecule has 2 aliphatic rings. The van der Waals surface area contributed by atoms with Crippen molar-refractivity contribution in [3.05, 3.63) is 23.8 Å². The van der Waals surface area contributed by atoms with Gasteiger partial charge in [0.25, 0.3) is 0 Å². The van der Waals surface area contributed by atoms with Crippen molar-refractivity contribution in [1.29, 1.82) is 5.41 Å². The monoisotopic (exact) mass is 358 g/mol. The van der Waals surface area contributed by atoms with E-state index in [1.165, 1.54) is 0 Å². The van der Waals surface area contributed by atoms with Gasteiger partial charge < -0.3 is 19.4 Å². The molecule has 3 rings (SSSR count). The van der Waals surface area contributed by atoms with E-state index in [2.05, 4.69) is 5.32 Å². The first kappa shape index (κ1) is 19.1. The summed E-state index contributed by atoms with van der Waals surface area (Å²) in [5, 5.41) is 11.3. The van der Waals surface area contributed by atoms with Crippen LogP contribution in [0, 0.1) is 5.41 Å². The quantitative estimate of drug-likeness (QED) is 0.480. The maximum Gasteiger partial charge on any atom is 0.494 e. The van der Waals surface area contributed by atoms with E-state index in [0.717, 1.165) is 31.3 Å². The average Bonchev–Trinajstić information content (AvgIpc) is 2.83. The number of aldehydes is 1. The highest BCUT2D eigenvalue weighted by Gasteiger charge is 2.51. The van der Waals surface area contributed by atoms with Gasteiger partial charge in [0.05, 0.1) is 11.2 Å². The predicted octanol–water partition coefficient (Wildman–Crippen LogP) is 2.49. The number of ether oxygens (including phenoxy) is 1. The first-order chi connectivity index (χ1) is 12.2. The summed E-state index contributed by atoms with van der Waals surface area (Å²) in [6.07, 6.45) is 3.54. The summed E-state index contributed by atoms with van der Waals surface area (Å²) in [4.78, 5) is 11.2. The predicted molar refractivity (Wildman–Crippen MR) is 102 cm³/mol. The van der Waals surface area contributed by atoms with Gasteiger partial charge in [0.15, 0.2) is 6.29 Å². The maximum atomic E-state index is 11.2. The fourth-order valence-electron chi connectivity index (χ4n) is 3.13. The van der Waals surface area contributed by atoms with Crippen molar-refractivity contribution in [3.8, 4) is 0 Å². The van der Waals surface area contributed by atoms with Crippen molar-refractivity contribution in [2.45, 2.75) is 64.4 Å². The smallest absolute Gasteiger partial charge is 0.399 e. The second-order valence-corrected chi connectivity index (χ2v) is 7.92. The molecule has 2 aliphatic heterocycles. The van der Waals surface area contributed by atoms with Gasteiger partial charge >= 0.3 is 7.12 Å². The van der Waals surface area contributed by atoms with E-state index in [9.17, 15) is 4.79 Å². The largest absolute Gasteiger partial charge is 0.494 e. The molecule has 6 nitrogen and oxygen atoms in total. The molecule has 0 amide bonds. The van der Waals surface area contributed by atoms with Crippen molar-refractivity contribution in [2.24, 2.45) is 0 Å². The highest BCUT2D eigenvalue weighted by atomic mass is 16.7. The maximum absolute atomic E-state index is 11.2. The Bertz CT molecular complexity index is 683. The van der Waals surface area contributed by atoms with E-state index in [1.54, 1.807) is 6.07 Å². The van der Waals surface area contributed by atoms with Gasteiger partial charge in [-0.25, -0.2) is 0 Å². The summed E-state index contributed by atoms with van der Waals surface area (Å²) in [7, 11) is -0.529. The Kier molecular flexibility index (Phi) is 5.24. The Morgan fingerprint density at radius 2 is 1.92 bits per heavy atom. The first-order valence-corrected chi connectivity index (χ1v) is 9.15. The molecule has 2 saturated heterocycles. The van der Waals surface area contributed by atoms with E-state index in [4.69, 9.17) is 19.5 Å². The lowest BCUT2D eigenvalue weighted by Crippen LogP contribution is -2.41. The third-order valence-electron chi connectivity index (χ3n) is 5.47. The molecule has 0 saturated carbocycles. The third kappa shape index (κ3) is 3.70. The van der Waals surface area contributed by atoms with Crippen molar-refractivity contribution in [3.63, 3.8) is 0 Å². The second-order valence-electron chi connectivity index (χ2n) is 7.92. The van der Waals surface area contributed by atoms with E-state index < -0.39 is 18.3 Å². The van der Waals surface area contributed by atoms with Crippen LogP contribution < -0.4 is 10.8 Å². The molecule has 2 fully saturated rings. The number of benzene rings is 1. The molecule has 1 aromatic rings. The van der Waals surface area contributed by atoms with Crippen LogP contribution >= 0.6 is 0 Å². The van der Waals surface area contributed by atoms with Gasteiger partial charge in [0.2, 0.25) is 0 Å². The van der Waals surface area contributed by atoms with Gasteiger partial charge in [-0.3, -0.25) is 10.2 Å². The summed E-state index contributed by atoms with van der Waals surface area (Å²) in [6, 6.07) is 5.57. The van der Waals surface area contributed by atoms with Gasteiger partial charge in [-0.15, -0.1) is 0 Å². The van der Waals surface area contributed by atoms with Gasteiger partial charge in [0, 0.05) is 17.9 Å². The lowest BCUT2D eigenvalue weighted by molar-refractivity contribution is -0.102. The zero-order valence-corrected chi connectivity index (χ0v) is 15.9. The summed E-state index contributed by atoms with van der Waals surface area (Å²) in [5.74, 6) is 0. The molecular formula is C19H27BN2O4. The zero-order valence-electron chi connectivity index (χ0n) is 15.9. The van der Waals surface area contributed by atoms with Crippen LogP contribution in [0.5, 0.6) is 0 Å². The topological polar surface area (TPSA) is 80.6 Å². The lowest BCUT2D eigenvalue weighted by Gasteiger charge is -2.32. The van der Waals surface area contributed by atoms with E-state index in [-0.39, 0.29) is 11.9 Å². The number of carbonyl (C=O) groups excluding carboxylic acids is 1. The lowest BCUT2D eigenvalue weighted by atomic mass is 9.78. The molecule has 26 heavy (non-hydrogen) atoms. The van der Waals surface area contributed by atoms with E-state index in [0.29, 0.717) is 17.5 Å². The van der Waals surface area contributed by atoms with Crippen LogP contribution in [0.15, 0.2) is 18.2 Å². The Morgan fingerprint density at radius 1 is 1.23 bits per heavy atom. The molecule has 1 atom stereocenters. The number of hydrogen-bond donors (Lipinski definition) is 2. The Labute approximate surface area is 155 Å². The van der Waals surface area contributed by atoms with Crippen LogP contribution in [-0.4, -0.2) is 43.2 Å². The molecule has 0 aliphatic carbocycles. The van der Waals surface area contributed by atoms with E-state index in [1.807, 2.05) is 39.8 Å². The normalized spacial score (nSPS) is 24.3. The highest BCUT2D eigenvalue weighted by Crippen LogP contribution is 2.36. The van der Waals surface area contributed by atoms with Gasteiger partial charge in [-0.2, -0.15) is 0 Å². The minimum absolute atomic E-state index is 0.0818. The molecule has 0 spiro atoms. The van der Waals surface area contributed by atoms with Crippen LogP contribution in [0.25, 0.3) is 0 Å². The molecule has 1 aromatic carbocycles. The standard InChI is InChI=1S/C19H27BN2O4/c1-18(2)19(3,4)26-20(25-18)13-8-9-16(14(11-13)15(21)12-23)22-17-7-5-6-10-24-17/h8-9,11-12,17,21-22H,5-7,10H2,1-4H3. The fourth-order valence-corrected chi connectivity index (χ4v) is 3.13. The molecule has 0 aromatic heterocycles. The minimum atomic E-state index is -0.529. The molecule has 0 bridgehead atoms. The van der Waals surface area contributed by atoms with Gasteiger partial charge in [-0.1, -0.05) is 12.1 Å². The highest BCUT2D eigenvalue weighted by molar-refractivity contribution is 6.62. The molecular weight excluding hydrogens is 331 g/mol. The van der Waals surface area contributed by atoms with Crippen LogP contribution in [0.1, 0.15) is 52.5 Å². The SMILES string of the molecule is CC1(C)OB(c2ccc(NC3CCCCO3)c(C(=N)C=O)c2)OC1(C)C.